The van der Waals surface area contributed by atoms with Gasteiger partial charge in [0.05, 0.1) is 16.0 Å². The van der Waals surface area contributed by atoms with Crippen LogP contribution in [0, 0.1) is 10.1 Å². The van der Waals surface area contributed by atoms with E-state index in [0.717, 1.165) is 10.6 Å². The quantitative estimate of drug-likeness (QED) is 0.299. The number of hydrogen-bond acceptors (Lipinski definition) is 9. The Morgan fingerprint density at radius 1 is 1.30 bits per heavy atom. The Balaban J connectivity index is 2.08. The highest BCUT2D eigenvalue weighted by molar-refractivity contribution is 7.80. The largest absolute Gasteiger partial charge is 0.466 e. The summed E-state index contributed by atoms with van der Waals surface area (Å²) in [6.45, 7) is 0. The predicted octanol–water partition coefficient (Wildman–Crippen LogP) is 0.574. The molecule has 1 aliphatic rings. The number of oxime groups is 1. The van der Waals surface area contributed by atoms with Gasteiger partial charge in [0, 0.05) is 23.9 Å². The molecule has 0 saturated heterocycles. The first-order chi connectivity index (χ1) is 12.8. The Bertz CT molecular complexity index is 1330. The van der Waals surface area contributed by atoms with E-state index >= 15 is 0 Å². The fourth-order valence-electron chi connectivity index (χ4n) is 2.72. The lowest BCUT2D eigenvalue weighted by atomic mass is 10.1. The van der Waals surface area contributed by atoms with Gasteiger partial charge in [0.25, 0.3) is 11.2 Å². The summed E-state index contributed by atoms with van der Waals surface area (Å²) in [5, 5.41) is 14.6. The van der Waals surface area contributed by atoms with Crippen LogP contribution < -0.4 is 5.56 Å². The van der Waals surface area contributed by atoms with Crippen molar-refractivity contribution in [3.8, 4) is 5.69 Å². The van der Waals surface area contributed by atoms with E-state index in [4.69, 9.17) is 4.55 Å². The van der Waals surface area contributed by atoms with E-state index in [1.807, 2.05) is 0 Å². The van der Waals surface area contributed by atoms with Crippen LogP contribution in [0.25, 0.3) is 16.7 Å². The molecule has 2 aromatic heterocycles. The van der Waals surface area contributed by atoms with Crippen LogP contribution in [0.1, 0.15) is 11.4 Å². The Morgan fingerprint density at radius 2 is 2.07 bits per heavy atom. The minimum Gasteiger partial charge on any atom is -0.268 e. The summed E-state index contributed by atoms with van der Waals surface area (Å²) < 4.78 is 35.7. The van der Waals surface area contributed by atoms with E-state index < -0.39 is 20.9 Å². The van der Waals surface area contributed by atoms with Crippen molar-refractivity contribution in [2.24, 2.45) is 5.16 Å². The normalized spacial score (nSPS) is 14.2. The van der Waals surface area contributed by atoms with Gasteiger partial charge in [0.15, 0.2) is 17.2 Å². The van der Waals surface area contributed by atoms with E-state index in [0.29, 0.717) is 0 Å². The van der Waals surface area contributed by atoms with E-state index in [1.54, 1.807) is 6.07 Å². The van der Waals surface area contributed by atoms with Crippen molar-refractivity contribution in [1.29, 1.82) is 0 Å². The second-order valence-corrected chi connectivity index (χ2v) is 6.36. The summed E-state index contributed by atoms with van der Waals surface area (Å²) in [4.78, 5) is 31.4. The number of rotatable bonds is 3. The topological polar surface area (TPSA) is 167 Å². The lowest BCUT2D eigenvalue weighted by molar-refractivity contribution is -0.384. The van der Waals surface area contributed by atoms with Crippen molar-refractivity contribution in [2.75, 3.05) is 0 Å². The molecule has 0 fully saturated rings. The molecule has 0 unspecified atom stereocenters. The highest BCUT2D eigenvalue weighted by atomic mass is 32.3. The molecule has 1 N–H and O–H groups in total. The molecule has 0 saturated carbocycles. The van der Waals surface area contributed by atoms with Gasteiger partial charge in [-0.3, -0.25) is 24.0 Å². The summed E-state index contributed by atoms with van der Waals surface area (Å²) in [6, 6.07) is 6.61. The number of fused-ring (bicyclic) bond motifs is 4. The number of nitrogens with zero attached hydrogens (tertiary/aromatic N) is 5. The average Bonchev–Trinajstić information content (AvgIpc) is 2.92. The molecule has 0 bridgehead atoms. The van der Waals surface area contributed by atoms with Gasteiger partial charge < -0.3 is 0 Å². The molecule has 1 aliphatic heterocycles. The fourth-order valence-corrected chi connectivity index (χ4v) is 2.89. The molecule has 12 nitrogen and oxygen atoms in total. The summed E-state index contributed by atoms with van der Waals surface area (Å²) >= 11 is 0. The Labute approximate surface area is 149 Å². The van der Waals surface area contributed by atoms with Crippen molar-refractivity contribution in [3.63, 3.8) is 0 Å². The molecular formula is C14H7N5O7S. The van der Waals surface area contributed by atoms with Gasteiger partial charge in [-0.15, -0.1) is 0 Å². The van der Waals surface area contributed by atoms with Gasteiger partial charge >= 0.3 is 10.4 Å². The van der Waals surface area contributed by atoms with E-state index in [2.05, 4.69) is 19.4 Å². The molecule has 0 amide bonds. The number of pyridine rings is 1. The number of nitro groups is 1. The van der Waals surface area contributed by atoms with Crippen molar-refractivity contribution < 1.29 is 22.2 Å². The van der Waals surface area contributed by atoms with Gasteiger partial charge in [0.2, 0.25) is 0 Å². The smallest absolute Gasteiger partial charge is 0.268 e. The summed E-state index contributed by atoms with van der Waals surface area (Å²) in [5.74, 6) is -0.134. The average molecular weight is 389 g/mol. The first-order valence-electron chi connectivity index (χ1n) is 7.17. The maximum absolute atomic E-state index is 12.8. The molecule has 3 heterocycles. The molecule has 13 heteroatoms. The van der Waals surface area contributed by atoms with Crippen LogP contribution in [0.5, 0.6) is 0 Å². The van der Waals surface area contributed by atoms with Crippen molar-refractivity contribution >= 4 is 32.8 Å². The Hall–Kier alpha value is -3.71. The van der Waals surface area contributed by atoms with Gasteiger partial charge in [-0.1, -0.05) is 5.16 Å². The first-order valence-corrected chi connectivity index (χ1v) is 8.54. The van der Waals surface area contributed by atoms with Crippen LogP contribution in [0.2, 0.25) is 0 Å². The van der Waals surface area contributed by atoms with E-state index in [9.17, 15) is 23.3 Å². The van der Waals surface area contributed by atoms with Crippen LogP contribution in [0.4, 0.5) is 5.69 Å². The molecule has 0 radical (unpaired) electrons. The van der Waals surface area contributed by atoms with E-state index in [-0.39, 0.29) is 39.5 Å². The molecule has 4 rings (SSSR count). The zero-order valence-electron chi connectivity index (χ0n) is 13.0. The Kier molecular flexibility index (Phi) is 3.50. The predicted molar refractivity (Wildman–Crippen MR) is 90.1 cm³/mol. The van der Waals surface area contributed by atoms with Gasteiger partial charge in [0.1, 0.15) is 0 Å². The standard InChI is InChI=1S/C14H7N5O7S/c20-14-8-2-1-5-15-12(8)16-13-11(17-26-27(23,24)25)9-6-7(19(21)22)3-4-10(9)18(13)14/h1-6H,(H,23,24,25)/b17-11+. The lowest BCUT2D eigenvalue weighted by Gasteiger charge is -2.04. The number of nitro benzene ring substituents is 1. The van der Waals surface area contributed by atoms with Crippen LogP contribution in [0.3, 0.4) is 0 Å². The number of hydrogen-bond donors (Lipinski definition) is 1. The summed E-state index contributed by atoms with van der Waals surface area (Å²) in [6.07, 6.45) is 1.41. The molecular weight excluding hydrogens is 382 g/mol. The van der Waals surface area contributed by atoms with Crippen molar-refractivity contribution in [2.45, 2.75) is 0 Å². The number of benzene rings is 1. The highest BCUT2D eigenvalue weighted by Crippen LogP contribution is 2.30. The third kappa shape index (κ3) is 2.70. The van der Waals surface area contributed by atoms with Crippen LogP contribution in [-0.4, -0.2) is 38.1 Å². The monoisotopic (exact) mass is 389 g/mol. The number of aromatic nitrogens is 3. The SMILES string of the molecule is O=c1c2cccnc2nc2n1-c1ccc([N+](=O)[O-])cc1/C2=N\OS(=O)(=O)O. The minimum absolute atomic E-state index is 0.0350. The van der Waals surface area contributed by atoms with E-state index in [1.165, 1.54) is 24.4 Å². The molecule has 136 valence electrons. The summed E-state index contributed by atoms with van der Waals surface area (Å²) in [7, 11) is -4.95. The summed E-state index contributed by atoms with van der Waals surface area (Å²) in [5.41, 5.74) is -0.844. The van der Waals surface area contributed by atoms with Crippen LogP contribution in [0.15, 0.2) is 46.5 Å². The molecule has 27 heavy (non-hydrogen) atoms. The molecule has 3 aromatic rings. The minimum atomic E-state index is -4.95. The number of non-ortho nitro benzene ring substituents is 1. The molecule has 0 spiro atoms. The zero-order chi connectivity index (χ0) is 19.3. The third-order valence-electron chi connectivity index (χ3n) is 3.77. The van der Waals surface area contributed by atoms with Gasteiger partial charge in [-0.2, -0.15) is 8.42 Å². The maximum atomic E-state index is 12.8. The zero-order valence-corrected chi connectivity index (χ0v) is 13.8. The first kappa shape index (κ1) is 16.7. The van der Waals surface area contributed by atoms with Gasteiger partial charge in [-0.25, -0.2) is 14.3 Å². The lowest BCUT2D eigenvalue weighted by Crippen LogP contribution is -2.22. The second kappa shape index (κ2) is 5.65. The highest BCUT2D eigenvalue weighted by Gasteiger charge is 2.32. The van der Waals surface area contributed by atoms with Crippen LogP contribution in [-0.2, 0) is 14.7 Å². The second-order valence-electron chi connectivity index (χ2n) is 5.35. The van der Waals surface area contributed by atoms with Crippen molar-refractivity contribution in [1.82, 2.24) is 14.5 Å². The van der Waals surface area contributed by atoms with Crippen LogP contribution >= 0.6 is 0 Å². The fraction of sp³-hybridized carbons (Fsp3) is 0. The molecule has 0 atom stereocenters. The molecule has 1 aromatic carbocycles. The van der Waals surface area contributed by atoms with Crippen molar-refractivity contribution in [3.05, 3.63) is 68.4 Å². The molecule has 0 aliphatic carbocycles. The third-order valence-corrected chi connectivity index (χ3v) is 4.03. The Morgan fingerprint density at radius 3 is 2.78 bits per heavy atom. The van der Waals surface area contributed by atoms with Gasteiger partial charge in [-0.05, 0) is 18.2 Å². The maximum Gasteiger partial charge on any atom is 0.466 e.